The van der Waals surface area contributed by atoms with Crippen LogP contribution in [0.25, 0.3) is 28.1 Å². The molecule has 0 unspecified atom stereocenters. The number of carbonyl (C=O) groups is 1. The van der Waals surface area contributed by atoms with Crippen molar-refractivity contribution in [3.8, 4) is 17.3 Å². The van der Waals surface area contributed by atoms with Crippen molar-refractivity contribution >= 4 is 38.4 Å². The summed E-state index contributed by atoms with van der Waals surface area (Å²) in [4.78, 5) is 24.9. The highest BCUT2D eigenvalue weighted by molar-refractivity contribution is 7.92. The van der Waals surface area contributed by atoms with E-state index in [9.17, 15) is 22.0 Å². The number of piperidine rings is 1. The number of nitrogens with one attached hydrogen (secondary N) is 1. The lowest BCUT2D eigenvalue weighted by Crippen LogP contribution is -2.64. The molecule has 0 aromatic carbocycles. The molecule has 2 aliphatic heterocycles. The van der Waals surface area contributed by atoms with E-state index in [1.165, 1.54) is 6.07 Å². The van der Waals surface area contributed by atoms with Crippen molar-refractivity contribution in [3.05, 3.63) is 41.6 Å². The minimum Gasteiger partial charge on any atom is -0.482 e. The Labute approximate surface area is 247 Å². The van der Waals surface area contributed by atoms with Crippen LogP contribution >= 0.6 is 0 Å². The van der Waals surface area contributed by atoms with Crippen LogP contribution in [0.1, 0.15) is 35.3 Å². The molecule has 3 aliphatic rings. The van der Waals surface area contributed by atoms with E-state index in [1.807, 2.05) is 26.9 Å². The lowest BCUT2D eigenvalue weighted by molar-refractivity contribution is 0.00244. The van der Waals surface area contributed by atoms with E-state index in [4.69, 9.17) is 9.72 Å². The molecule has 0 bridgehead atoms. The van der Waals surface area contributed by atoms with Crippen LogP contribution in [0.5, 0.6) is 5.88 Å². The smallest absolute Gasteiger partial charge is 0.329 e. The topological polar surface area (TPSA) is 114 Å². The zero-order chi connectivity index (χ0) is 30.2. The summed E-state index contributed by atoms with van der Waals surface area (Å²) in [6.45, 7) is 1.78. The van der Waals surface area contributed by atoms with Gasteiger partial charge in [-0.25, -0.2) is 18.4 Å². The van der Waals surface area contributed by atoms with E-state index >= 15 is 0 Å². The van der Waals surface area contributed by atoms with Crippen LogP contribution in [0.15, 0.2) is 30.3 Å². The monoisotopic (exact) mass is 613 g/mol. The molecule has 7 rings (SSSR count). The van der Waals surface area contributed by atoms with Crippen LogP contribution in [0.2, 0.25) is 0 Å². The normalized spacial score (nSPS) is 20.5. The van der Waals surface area contributed by atoms with Crippen molar-refractivity contribution in [2.45, 2.75) is 45.3 Å². The SMILES string of the molecule is COc1cc(C(=O)N2C[C@H]3CNCC[C@H]32)cc2nc(-c3cc4ccc(N(C(F)F)S(C)(=O)=O)nc4n3CC3CC3)c(C)n12. The summed E-state index contributed by atoms with van der Waals surface area (Å²) in [5, 5.41) is 4.07. The number of rotatable bonds is 8. The standard InChI is InChI=1S/C29H33F2N7O4S/c1-16-26(33-24-11-19(12-25(42-2)37(16)24)28(39)36-15-20-13-32-9-8-21(20)36)22-10-18-6-7-23(38(29(30)31)43(3,40)41)34-27(18)35(22)14-17-4-5-17/h6-7,10-12,17,20-21,29,32H,4-5,8-9,13-15H2,1-3H3/t20-,21-/m1/s1. The Balaban J connectivity index is 1.33. The molecule has 4 aromatic heterocycles. The molecule has 4 aromatic rings. The Hall–Kier alpha value is -3.78. The minimum absolute atomic E-state index is 0.0321. The van der Waals surface area contributed by atoms with E-state index in [1.54, 1.807) is 25.3 Å². The molecule has 1 N–H and O–H groups in total. The number of nitrogens with zero attached hydrogens (tertiary/aromatic N) is 6. The Morgan fingerprint density at radius 1 is 1.19 bits per heavy atom. The number of likely N-dealkylation sites (tertiary alicyclic amines) is 1. The number of imidazole rings is 1. The van der Waals surface area contributed by atoms with Crippen molar-refractivity contribution in [2.75, 3.05) is 37.3 Å². The van der Waals surface area contributed by atoms with Gasteiger partial charge in [0.25, 0.3) is 5.91 Å². The van der Waals surface area contributed by atoms with Crippen LogP contribution in [-0.4, -0.2) is 83.8 Å². The van der Waals surface area contributed by atoms with Gasteiger partial charge in [0, 0.05) is 48.6 Å². The van der Waals surface area contributed by atoms with Crippen molar-refractivity contribution in [3.63, 3.8) is 0 Å². The highest BCUT2D eigenvalue weighted by Crippen LogP contribution is 2.38. The fourth-order valence-electron chi connectivity index (χ4n) is 6.54. The summed E-state index contributed by atoms with van der Waals surface area (Å²) in [6.07, 6.45) is 3.73. The third kappa shape index (κ3) is 4.71. The van der Waals surface area contributed by atoms with Gasteiger partial charge in [-0.15, -0.1) is 0 Å². The minimum atomic E-state index is -4.26. The van der Waals surface area contributed by atoms with Gasteiger partial charge in [-0.3, -0.25) is 9.20 Å². The Morgan fingerprint density at radius 3 is 2.65 bits per heavy atom. The first-order valence-electron chi connectivity index (χ1n) is 14.4. The summed E-state index contributed by atoms with van der Waals surface area (Å²) < 4.78 is 61.5. The lowest BCUT2D eigenvalue weighted by atomic mass is 9.83. The number of methoxy groups -OCH3 is 1. The number of hydrogen-bond donors (Lipinski definition) is 1. The Bertz CT molecular complexity index is 1870. The number of sulfonamides is 1. The maximum atomic E-state index is 13.8. The van der Waals surface area contributed by atoms with Crippen LogP contribution in [0, 0.1) is 18.8 Å². The molecule has 2 atom stereocenters. The van der Waals surface area contributed by atoms with Crippen LogP contribution < -0.4 is 14.4 Å². The maximum Gasteiger partial charge on any atom is 0.329 e. The van der Waals surface area contributed by atoms with Gasteiger partial charge in [-0.1, -0.05) is 0 Å². The molecule has 6 heterocycles. The predicted octanol–water partition coefficient (Wildman–Crippen LogP) is 3.50. The highest BCUT2D eigenvalue weighted by Gasteiger charge is 2.43. The molecule has 228 valence electrons. The zero-order valence-electron chi connectivity index (χ0n) is 24.1. The largest absolute Gasteiger partial charge is 0.482 e. The van der Waals surface area contributed by atoms with Crippen molar-refractivity contribution in [1.82, 2.24) is 29.2 Å². The third-order valence-electron chi connectivity index (χ3n) is 8.90. The number of amides is 1. The average Bonchev–Trinajstić information content (AvgIpc) is 3.62. The highest BCUT2D eigenvalue weighted by atomic mass is 32.2. The quantitative estimate of drug-likeness (QED) is 0.303. The number of pyridine rings is 2. The number of ether oxygens (including phenoxy) is 1. The number of carbonyl (C=O) groups excluding carboxylic acids is 1. The number of halogens is 2. The van der Waals surface area contributed by atoms with E-state index in [0.29, 0.717) is 52.2 Å². The second-order valence-corrected chi connectivity index (χ2v) is 13.7. The number of anilines is 1. The molecule has 1 saturated carbocycles. The lowest BCUT2D eigenvalue weighted by Gasteiger charge is -2.51. The van der Waals surface area contributed by atoms with E-state index in [0.717, 1.165) is 56.5 Å². The molecule has 11 nitrogen and oxygen atoms in total. The fourth-order valence-corrected chi connectivity index (χ4v) is 7.27. The van der Waals surface area contributed by atoms with Gasteiger partial charge in [0.1, 0.15) is 22.8 Å². The molecular formula is C29H33F2N7O4S. The van der Waals surface area contributed by atoms with Crippen molar-refractivity contribution < 1.29 is 26.7 Å². The number of aromatic nitrogens is 4. The van der Waals surface area contributed by atoms with Crippen molar-refractivity contribution in [1.29, 1.82) is 0 Å². The van der Waals surface area contributed by atoms with E-state index in [2.05, 4.69) is 10.3 Å². The van der Waals surface area contributed by atoms with Gasteiger partial charge < -0.3 is 19.5 Å². The maximum absolute atomic E-state index is 13.8. The van der Waals surface area contributed by atoms with Crippen LogP contribution in [-0.2, 0) is 16.6 Å². The molecule has 2 saturated heterocycles. The van der Waals surface area contributed by atoms with Gasteiger partial charge in [0.15, 0.2) is 5.88 Å². The van der Waals surface area contributed by atoms with E-state index in [-0.39, 0.29) is 22.1 Å². The second kappa shape index (κ2) is 10.2. The number of fused-ring (bicyclic) bond motifs is 3. The van der Waals surface area contributed by atoms with Gasteiger partial charge in [-0.05, 0) is 62.9 Å². The van der Waals surface area contributed by atoms with Crippen LogP contribution in [0.3, 0.4) is 0 Å². The Kier molecular flexibility index (Phi) is 6.61. The van der Waals surface area contributed by atoms with Gasteiger partial charge in [0.2, 0.25) is 10.0 Å². The number of hydrogen-bond acceptors (Lipinski definition) is 7. The molecule has 1 amide bonds. The molecule has 1 aliphatic carbocycles. The van der Waals surface area contributed by atoms with Gasteiger partial charge >= 0.3 is 6.55 Å². The molecule has 43 heavy (non-hydrogen) atoms. The first kappa shape index (κ1) is 28.0. The average molecular weight is 614 g/mol. The fraction of sp³-hybridized carbons (Fsp3) is 0.483. The molecule has 14 heteroatoms. The number of alkyl halides is 2. The molecule has 0 spiro atoms. The van der Waals surface area contributed by atoms with Crippen LogP contribution in [0.4, 0.5) is 14.6 Å². The summed E-state index contributed by atoms with van der Waals surface area (Å²) in [7, 11) is -2.70. The first-order valence-corrected chi connectivity index (χ1v) is 16.3. The Morgan fingerprint density at radius 2 is 1.98 bits per heavy atom. The second-order valence-electron chi connectivity index (χ2n) is 11.8. The molecule has 3 fully saturated rings. The predicted molar refractivity (Wildman–Crippen MR) is 157 cm³/mol. The summed E-state index contributed by atoms with van der Waals surface area (Å²) in [6, 6.07) is 8.57. The van der Waals surface area contributed by atoms with Gasteiger partial charge in [-0.2, -0.15) is 13.1 Å². The first-order chi connectivity index (χ1) is 20.5. The summed E-state index contributed by atoms with van der Waals surface area (Å²) in [5.41, 5.74) is 3.61. The van der Waals surface area contributed by atoms with Crippen molar-refractivity contribution in [2.24, 2.45) is 11.8 Å². The van der Waals surface area contributed by atoms with E-state index < -0.39 is 16.6 Å². The third-order valence-corrected chi connectivity index (χ3v) is 9.96. The number of aryl methyl sites for hydroxylation is 1. The molecular weight excluding hydrogens is 580 g/mol. The summed E-state index contributed by atoms with van der Waals surface area (Å²) >= 11 is 0. The summed E-state index contributed by atoms with van der Waals surface area (Å²) in [5.74, 6) is 0.972. The molecule has 0 radical (unpaired) electrons. The van der Waals surface area contributed by atoms with Gasteiger partial charge in [0.05, 0.1) is 24.8 Å². The zero-order valence-corrected chi connectivity index (χ0v) is 24.9.